The summed E-state index contributed by atoms with van der Waals surface area (Å²) in [5.41, 5.74) is 4.07. The summed E-state index contributed by atoms with van der Waals surface area (Å²) in [4.78, 5) is 17.0. The topological polar surface area (TPSA) is 85.6 Å². The van der Waals surface area contributed by atoms with E-state index in [0.29, 0.717) is 44.8 Å². The number of benzene rings is 3. The van der Waals surface area contributed by atoms with Crippen molar-refractivity contribution in [3.05, 3.63) is 70.7 Å². The van der Waals surface area contributed by atoms with Gasteiger partial charge in [0.2, 0.25) is 12.7 Å². The van der Waals surface area contributed by atoms with Crippen molar-refractivity contribution in [3.8, 4) is 23.0 Å². The molecule has 0 saturated heterocycles. The molecular formula is C23H16ClN3O4S. The van der Waals surface area contributed by atoms with E-state index in [0.717, 1.165) is 11.1 Å². The van der Waals surface area contributed by atoms with Gasteiger partial charge in [-0.05, 0) is 73.2 Å². The van der Waals surface area contributed by atoms with E-state index < -0.39 is 0 Å². The minimum absolute atomic E-state index is 0.142. The minimum atomic E-state index is -0.361. The van der Waals surface area contributed by atoms with Crippen molar-refractivity contribution in [3.63, 3.8) is 0 Å². The van der Waals surface area contributed by atoms with Crippen LogP contribution in [0, 0.1) is 6.92 Å². The van der Waals surface area contributed by atoms with Gasteiger partial charge >= 0.3 is 0 Å². The fourth-order valence-corrected chi connectivity index (χ4v) is 3.82. The molecular weight excluding hydrogens is 450 g/mol. The number of carbonyl (C=O) groups excluding carboxylic acids is 1. The number of aryl methyl sites for hydroxylation is 1. The van der Waals surface area contributed by atoms with Crippen LogP contribution in [0.25, 0.3) is 22.6 Å². The molecule has 2 heterocycles. The number of hydrogen-bond donors (Lipinski definition) is 2. The number of oxazole rings is 1. The predicted molar refractivity (Wildman–Crippen MR) is 125 cm³/mol. The molecule has 0 bridgehead atoms. The SMILES string of the molecule is Cc1ccc(-c2nc3cc(NC(=S)NC(=O)c4ccc5c(c4)OCO5)ccc3o2)c(Cl)c1. The highest BCUT2D eigenvalue weighted by molar-refractivity contribution is 7.80. The quantitative estimate of drug-likeness (QED) is 0.396. The van der Waals surface area contributed by atoms with Crippen molar-refractivity contribution in [1.82, 2.24) is 10.3 Å². The lowest BCUT2D eigenvalue weighted by atomic mass is 10.1. The Hall–Kier alpha value is -3.62. The molecule has 0 radical (unpaired) electrons. The fraction of sp³-hybridized carbons (Fsp3) is 0.0870. The molecule has 0 fully saturated rings. The van der Waals surface area contributed by atoms with E-state index >= 15 is 0 Å². The van der Waals surface area contributed by atoms with Gasteiger partial charge in [-0.15, -0.1) is 0 Å². The van der Waals surface area contributed by atoms with Gasteiger partial charge in [0.05, 0.1) is 10.6 Å². The number of ether oxygens (including phenoxy) is 2. The Balaban J connectivity index is 1.30. The largest absolute Gasteiger partial charge is 0.454 e. The number of anilines is 1. The van der Waals surface area contributed by atoms with Gasteiger partial charge in [0.25, 0.3) is 5.91 Å². The maximum atomic E-state index is 12.5. The first kappa shape index (κ1) is 20.3. The van der Waals surface area contributed by atoms with E-state index in [1.165, 1.54) is 0 Å². The second kappa shape index (κ2) is 8.14. The van der Waals surface area contributed by atoms with Crippen LogP contribution in [0.15, 0.2) is 59.0 Å². The van der Waals surface area contributed by atoms with Crippen LogP contribution in [0.4, 0.5) is 5.69 Å². The predicted octanol–water partition coefficient (Wildman–Crippen LogP) is 5.31. The van der Waals surface area contributed by atoms with Crippen LogP contribution in [0.5, 0.6) is 11.5 Å². The Morgan fingerprint density at radius 2 is 1.91 bits per heavy atom. The molecule has 2 N–H and O–H groups in total. The minimum Gasteiger partial charge on any atom is -0.454 e. The van der Waals surface area contributed by atoms with Crippen LogP contribution >= 0.6 is 23.8 Å². The second-order valence-electron chi connectivity index (χ2n) is 7.16. The lowest BCUT2D eigenvalue weighted by molar-refractivity contribution is 0.0977. The van der Waals surface area contributed by atoms with Crippen molar-refractivity contribution in [2.45, 2.75) is 6.92 Å². The Bertz CT molecular complexity index is 1390. The van der Waals surface area contributed by atoms with Crippen LogP contribution in [-0.2, 0) is 0 Å². The Labute approximate surface area is 193 Å². The van der Waals surface area contributed by atoms with Gasteiger partial charge in [-0.1, -0.05) is 17.7 Å². The molecule has 0 saturated carbocycles. The van der Waals surface area contributed by atoms with E-state index in [4.69, 9.17) is 37.7 Å². The van der Waals surface area contributed by atoms with Crippen LogP contribution < -0.4 is 20.1 Å². The third kappa shape index (κ3) is 3.98. The van der Waals surface area contributed by atoms with Crippen molar-refractivity contribution >= 4 is 51.6 Å². The molecule has 9 heteroatoms. The standard InChI is InChI=1S/C23H16ClN3O4S/c1-12-2-5-15(16(24)8-12)22-26-17-10-14(4-7-18(17)31-22)25-23(32)27-21(28)13-3-6-19-20(9-13)30-11-29-19/h2-10H,11H2,1H3,(H2,25,27,28,32). The number of rotatable bonds is 3. The maximum Gasteiger partial charge on any atom is 0.257 e. The third-order valence-corrected chi connectivity index (χ3v) is 5.38. The molecule has 0 unspecified atom stereocenters. The Morgan fingerprint density at radius 1 is 1.06 bits per heavy atom. The van der Waals surface area contributed by atoms with Gasteiger partial charge in [0, 0.05) is 11.3 Å². The summed E-state index contributed by atoms with van der Waals surface area (Å²) in [6.07, 6.45) is 0. The fourth-order valence-electron chi connectivity index (χ4n) is 3.29. The number of thiocarbonyl (C=S) groups is 1. The summed E-state index contributed by atoms with van der Waals surface area (Å²) >= 11 is 11.6. The van der Waals surface area contributed by atoms with E-state index in [-0.39, 0.29) is 17.8 Å². The van der Waals surface area contributed by atoms with Crippen LogP contribution in [0.3, 0.4) is 0 Å². The van der Waals surface area contributed by atoms with Crippen molar-refractivity contribution in [1.29, 1.82) is 0 Å². The smallest absolute Gasteiger partial charge is 0.257 e. The molecule has 1 amide bonds. The molecule has 32 heavy (non-hydrogen) atoms. The molecule has 0 spiro atoms. The number of aromatic nitrogens is 1. The third-order valence-electron chi connectivity index (χ3n) is 4.86. The monoisotopic (exact) mass is 465 g/mol. The summed E-state index contributed by atoms with van der Waals surface area (Å²) in [5.74, 6) is 1.20. The van der Waals surface area contributed by atoms with Crippen molar-refractivity contribution in [2.75, 3.05) is 12.1 Å². The molecule has 160 valence electrons. The number of halogens is 1. The Kier molecular flexibility index (Phi) is 5.16. The van der Waals surface area contributed by atoms with Gasteiger partial charge in [-0.3, -0.25) is 10.1 Å². The number of carbonyl (C=O) groups is 1. The average Bonchev–Trinajstić information content (AvgIpc) is 3.39. The first-order chi connectivity index (χ1) is 15.5. The first-order valence-electron chi connectivity index (χ1n) is 9.65. The first-order valence-corrected chi connectivity index (χ1v) is 10.4. The summed E-state index contributed by atoms with van der Waals surface area (Å²) in [6.45, 7) is 2.11. The number of nitrogens with one attached hydrogen (secondary N) is 2. The number of hydrogen-bond acceptors (Lipinski definition) is 6. The van der Waals surface area contributed by atoms with Crippen molar-refractivity contribution < 1.29 is 18.7 Å². The zero-order chi connectivity index (χ0) is 22.2. The number of nitrogens with zero attached hydrogens (tertiary/aromatic N) is 1. The molecule has 1 aliphatic heterocycles. The lowest BCUT2D eigenvalue weighted by Gasteiger charge is -2.09. The van der Waals surface area contributed by atoms with E-state index in [9.17, 15) is 4.79 Å². The highest BCUT2D eigenvalue weighted by Gasteiger charge is 2.17. The van der Waals surface area contributed by atoms with Gasteiger partial charge in [0.15, 0.2) is 22.2 Å². The van der Waals surface area contributed by atoms with Gasteiger partial charge in [-0.25, -0.2) is 4.98 Å². The summed E-state index contributed by atoms with van der Waals surface area (Å²) in [7, 11) is 0. The van der Waals surface area contributed by atoms with Crippen LogP contribution in [-0.4, -0.2) is 22.8 Å². The normalized spacial score (nSPS) is 12.1. The summed E-state index contributed by atoms with van der Waals surface area (Å²) in [6, 6.07) is 16.0. The van der Waals surface area contributed by atoms with Crippen molar-refractivity contribution in [2.24, 2.45) is 0 Å². The number of fused-ring (bicyclic) bond motifs is 2. The van der Waals surface area contributed by atoms with Crippen LogP contribution in [0.1, 0.15) is 15.9 Å². The van der Waals surface area contributed by atoms with Crippen LogP contribution in [0.2, 0.25) is 5.02 Å². The second-order valence-corrected chi connectivity index (χ2v) is 7.98. The van der Waals surface area contributed by atoms with Gasteiger partial charge in [-0.2, -0.15) is 0 Å². The highest BCUT2D eigenvalue weighted by atomic mass is 35.5. The van der Waals surface area contributed by atoms with E-state index in [1.54, 1.807) is 36.4 Å². The van der Waals surface area contributed by atoms with Gasteiger partial charge < -0.3 is 19.2 Å². The molecule has 0 atom stereocenters. The lowest BCUT2D eigenvalue weighted by Crippen LogP contribution is -2.34. The molecule has 0 aliphatic carbocycles. The zero-order valence-electron chi connectivity index (χ0n) is 16.8. The molecule has 5 rings (SSSR count). The highest BCUT2D eigenvalue weighted by Crippen LogP contribution is 2.33. The molecule has 3 aromatic carbocycles. The van der Waals surface area contributed by atoms with E-state index in [2.05, 4.69) is 15.6 Å². The zero-order valence-corrected chi connectivity index (χ0v) is 18.3. The molecule has 4 aromatic rings. The summed E-state index contributed by atoms with van der Waals surface area (Å²) in [5, 5.41) is 6.36. The average molecular weight is 466 g/mol. The van der Waals surface area contributed by atoms with Gasteiger partial charge in [0.1, 0.15) is 5.52 Å². The molecule has 7 nitrogen and oxygen atoms in total. The Morgan fingerprint density at radius 3 is 2.75 bits per heavy atom. The summed E-state index contributed by atoms with van der Waals surface area (Å²) < 4.78 is 16.4. The molecule has 1 aromatic heterocycles. The number of amides is 1. The van der Waals surface area contributed by atoms with E-state index in [1.807, 2.05) is 25.1 Å². The molecule has 1 aliphatic rings. The maximum absolute atomic E-state index is 12.5.